The van der Waals surface area contributed by atoms with Crippen molar-refractivity contribution in [2.45, 2.75) is 11.3 Å². The summed E-state index contributed by atoms with van der Waals surface area (Å²) in [5.74, 6) is -5.04. The summed E-state index contributed by atoms with van der Waals surface area (Å²) in [6.45, 7) is 0.660. The number of rotatable bonds is 5. The van der Waals surface area contributed by atoms with Crippen LogP contribution in [0.1, 0.15) is 5.56 Å². The number of aromatic nitrogens is 2. The molecule has 0 aliphatic carbocycles. The summed E-state index contributed by atoms with van der Waals surface area (Å²) < 4.78 is 67.3. The average molecular weight is 383 g/mol. The van der Waals surface area contributed by atoms with Crippen LogP contribution in [-0.4, -0.2) is 42.9 Å². The standard InChI is InChI=1S/C17H16F3N3O2S/c1-22(2)9-7-11-10-23(17-12(11)4-3-8-21-17)26(24,25)14-6-5-13(18)15(19)16(14)20/h3-6,8,10H,7,9H2,1-2H3. The minimum atomic E-state index is -4.49. The van der Waals surface area contributed by atoms with E-state index < -0.39 is 32.4 Å². The molecule has 9 heteroatoms. The minimum Gasteiger partial charge on any atom is -0.309 e. The molecule has 0 atom stereocenters. The van der Waals surface area contributed by atoms with E-state index in [0.717, 1.165) is 3.97 Å². The molecule has 26 heavy (non-hydrogen) atoms. The molecule has 0 saturated heterocycles. The second-order valence-corrected chi connectivity index (χ2v) is 7.84. The Kier molecular flexibility index (Phi) is 4.76. The van der Waals surface area contributed by atoms with Crippen molar-refractivity contribution in [2.75, 3.05) is 20.6 Å². The number of likely N-dealkylation sites (N-methyl/N-ethyl adjacent to an activating group) is 1. The lowest BCUT2D eigenvalue weighted by Gasteiger charge is -2.09. The van der Waals surface area contributed by atoms with Crippen LogP contribution in [0, 0.1) is 17.5 Å². The second kappa shape index (κ2) is 6.73. The van der Waals surface area contributed by atoms with E-state index in [4.69, 9.17) is 0 Å². The summed E-state index contributed by atoms with van der Waals surface area (Å²) in [4.78, 5) is 5.06. The first-order chi connectivity index (χ1) is 12.2. The Morgan fingerprint density at radius 3 is 2.54 bits per heavy atom. The summed E-state index contributed by atoms with van der Waals surface area (Å²) in [5.41, 5.74) is 0.804. The summed E-state index contributed by atoms with van der Waals surface area (Å²) in [6.07, 6.45) is 3.29. The summed E-state index contributed by atoms with van der Waals surface area (Å²) in [6, 6.07) is 4.66. The SMILES string of the molecule is CN(C)CCc1cn(S(=O)(=O)c2ccc(F)c(F)c2F)c2ncccc12. The molecule has 3 aromatic rings. The quantitative estimate of drug-likeness (QED) is 0.636. The smallest absolute Gasteiger partial charge is 0.272 e. The largest absolute Gasteiger partial charge is 0.309 e. The first kappa shape index (κ1) is 18.4. The van der Waals surface area contributed by atoms with Crippen LogP contribution in [0.2, 0.25) is 0 Å². The van der Waals surface area contributed by atoms with Gasteiger partial charge in [-0.3, -0.25) is 0 Å². The van der Waals surface area contributed by atoms with Crippen molar-refractivity contribution in [1.29, 1.82) is 0 Å². The van der Waals surface area contributed by atoms with Crippen LogP contribution in [0.4, 0.5) is 13.2 Å². The molecule has 0 bridgehead atoms. The average Bonchev–Trinajstić information content (AvgIpc) is 2.97. The van der Waals surface area contributed by atoms with Crippen molar-refractivity contribution in [2.24, 2.45) is 0 Å². The molecule has 5 nitrogen and oxygen atoms in total. The molecular weight excluding hydrogens is 367 g/mol. The van der Waals surface area contributed by atoms with E-state index in [9.17, 15) is 21.6 Å². The van der Waals surface area contributed by atoms with E-state index in [1.807, 2.05) is 19.0 Å². The predicted molar refractivity (Wildman–Crippen MR) is 90.9 cm³/mol. The van der Waals surface area contributed by atoms with Gasteiger partial charge < -0.3 is 4.90 Å². The Morgan fingerprint density at radius 2 is 1.85 bits per heavy atom. The van der Waals surface area contributed by atoms with Gasteiger partial charge in [-0.1, -0.05) is 0 Å². The monoisotopic (exact) mass is 383 g/mol. The van der Waals surface area contributed by atoms with Gasteiger partial charge in [0.05, 0.1) is 0 Å². The van der Waals surface area contributed by atoms with E-state index in [0.29, 0.717) is 36.0 Å². The van der Waals surface area contributed by atoms with Gasteiger partial charge in [0.15, 0.2) is 23.1 Å². The topological polar surface area (TPSA) is 55.2 Å². The number of nitrogens with zero attached hydrogens (tertiary/aromatic N) is 3. The molecule has 0 aliphatic rings. The summed E-state index contributed by atoms with van der Waals surface area (Å²) in [7, 11) is -0.735. The lowest BCUT2D eigenvalue weighted by Crippen LogP contribution is -2.16. The van der Waals surface area contributed by atoms with Crippen molar-refractivity contribution in [3.63, 3.8) is 0 Å². The third-order valence-corrected chi connectivity index (χ3v) is 5.65. The van der Waals surface area contributed by atoms with Gasteiger partial charge >= 0.3 is 0 Å². The molecule has 0 aliphatic heterocycles. The Labute approximate surface area is 148 Å². The van der Waals surface area contributed by atoms with Crippen molar-refractivity contribution >= 4 is 21.1 Å². The Hall–Kier alpha value is -2.39. The maximum Gasteiger partial charge on any atom is 0.272 e. The first-order valence-electron chi connectivity index (χ1n) is 7.72. The van der Waals surface area contributed by atoms with Gasteiger partial charge in [-0.05, 0) is 50.3 Å². The molecule has 2 heterocycles. The number of halogens is 3. The fourth-order valence-electron chi connectivity index (χ4n) is 2.64. The van der Waals surface area contributed by atoms with Crippen LogP contribution in [0.5, 0.6) is 0 Å². The van der Waals surface area contributed by atoms with E-state index in [2.05, 4.69) is 4.98 Å². The number of hydrogen-bond donors (Lipinski definition) is 0. The molecule has 0 fully saturated rings. The Balaban J connectivity index is 2.20. The zero-order chi connectivity index (χ0) is 19.1. The van der Waals surface area contributed by atoms with Gasteiger partial charge in [-0.15, -0.1) is 0 Å². The molecule has 0 unspecified atom stereocenters. The molecule has 3 rings (SSSR count). The van der Waals surface area contributed by atoms with Gasteiger partial charge in [0, 0.05) is 24.3 Å². The molecule has 0 saturated carbocycles. The Bertz CT molecular complexity index is 1080. The molecule has 1 aromatic carbocycles. The van der Waals surface area contributed by atoms with Crippen LogP contribution in [0.3, 0.4) is 0 Å². The zero-order valence-corrected chi connectivity index (χ0v) is 14.9. The predicted octanol–water partition coefficient (Wildman–Crippen LogP) is 2.79. The van der Waals surface area contributed by atoms with E-state index in [1.54, 1.807) is 12.1 Å². The van der Waals surface area contributed by atoms with E-state index in [-0.39, 0.29) is 5.65 Å². The van der Waals surface area contributed by atoms with Crippen LogP contribution in [0.15, 0.2) is 41.6 Å². The van der Waals surface area contributed by atoms with Crippen molar-refractivity contribution in [3.8, 4) is 0 Å². The van der Waals surface area contributed by atoms with E-state index in [1.165, 1.54) is 12.4 Å². The molecule has 0 radical (unpaired) electrons. The van der Waals surface area contributed by atoms with Gasteiger partial charge in [-0.2, -0.15) is 0 Å². The second-order valence-electron chi connectivity index (χ2n) is 6.06. The molecule has 0 spiro atoms. The summed E-state index contributed by atoms with van der Waals surface area (Å²) >= 11 is 0. The fourth-order valence-corrected chi connectivity index (χ4v) is 4.04. The third kappa shape index (κ3) is 3.08. The van der Waals surface area contributed by atoms with Gasteiger partial charge in [-0.25, -0.2) is 30.5 Å². The highest BCUT2D eigenvalue weighted by Gasteiger charge is 2.28. The molecular formula is C17H16F3N3O2S. The van der Waals surface area contributed by atoms with Crippen molar-refractivity contribution in [3.05, 3.63) is 59.7 Å². The van der Waals surface area contributed by atoms with Crippen LogP contribution >= 0.6 is 0 Å². The van der Waals surface area contributed by atoms with Crippen molar-refractivity contribution in [1.82, 2.24) is 13.9 Å². The lowest BCUT2D eigenvalue weighted by atomic mass is 10.1. The molecule has 0 N–H and O–H groups in total. The first-order valence-corrected chi connectivity index (χ1v) is 9.16. The fraction of sp³-hybridized carbons (Fsp3) is 0.235. The maximum absolute atomic E-state index is 14.1. The van der Waals surface area contributed by atoms with Gasteiger partial charge in [0.2, 0.25) is 0 Å². The van der Waals surface area contributed by atoms with Gasteiger partial charge in [0.25, 0.3) is 10.0 Å². The number of fused-ring (bicyclic) bond motifs is 1. The van der Waals surface area contributed by atoms with Crippen LogP contribution < -0.4 is 0 Å². The van der Waals surface area contributed by atoms with E-state index >= 15 is 0 Å². The molecule has 0 amide bonds. The summed E-state index contributed by atoms with van der Waals surface area (Å²) in [5, 5.41) is 0.598. The molecule has 138 valence electrons. The zero-order valence-electron chi connectivity index (χ0n) is 14.1. The van der Waals surface area contributed by atoms with Gasteiger partial charge in [0.1, 0.15) is 4.90 Å². The number of benzene rings is 1. The number of pyridine rings is 1. The van der Waals surface area contributed by atoms with Crippen molar-refractivity contribution < 1.29 is 21.6 Å². The minimum absolute atomic E-state index is 0.102. The maximum atomic E-state index is 14.1. The normalized spacial score (nSPS) is 12.2. The lowest BCUT2D eigenvalue weighted by molar-refractivity contribution is 0.414. The highest BCUT2D eigenvalue weighted by molar-refractivity contribution is 7.90. The third-order valence-electron chi connectivity index (χ3n) is 3.98. The van der Waals surface area contributed by atoms with Crippen LogP contribution in [-0.2, 0) is 16.4 Å². The Morgan fingerprint density at radius 1 is 1.12 bits per heavy atom. The number of hydrogen-bond acceptors (Lipinski definition) is 4. The molecule has 2 aromatic heterocycles. The van der Waals surface area contributed by atoms with Crippen LogP contribution in [0.25, 0.3) is 11.0 Å². The highest BCUT2D eigenvalue weighted by atomic mass is 32.2. The highest BCUT2D eigenvalue weighted by Crippen LogP contribution is 2.27.